The van der Waals surface area contributed by atoms with E-state index in [9.17, 15) is 5.11 Å². The third-order valence-corrected chi connectivity index (χ3v) is 2.85. The first-order chi connectivity index (χ1) is 9.29. The Hall–Kier alpha value is -2.00. The van der Waals surface area contributed by atoms with Crippen LogP contribution in [0, 0.1) is 0 Å². The summed E-state index contributed by atoms with van der Waals surface area (Å²) in [6.45, 7) is 4.19. The molecule has 0 aliphatic heterocycles. The highest BCUT2D eigenvalue weighted by Crippen LogP contribution is 2.17. The molecule has 0 aliphatic rings. The van der Waals surface area contributed by atoms with Gasteiger partial charge in [-0.1, -0.05) is 30.3 Å². The Balaban J connectivity index is 1.90. The molecule has 0 atom stereocenters. The van der Waals surface area contributed by atoms with Crippen molar-refractivity contribution < 1.29 is 9.84 Å². The molecule has 0 amide bonds. The highest BCUT2D eigenvalue weighted by Gasteiger charge is 2.01. The van der Waals surface area contributed by atoms with Crippen molar-refractivity contribution in [3.05, 3.63) is 59.7 Å². The maximum Gasteiger partial charge on any atom is 0.123 e. The molecular weight excluding hydrogens is 238 g/mol. The predicted molar refractivity (Wildman–Crippen MR) is 76.3 cm³/mol. The molecule has 3 heteroatoms. The number of aromatic hydroxyl groups is 1. The molecule has 0 aromatic heterocycles. The molecule has 3 nitrogen and oxygen atoms in total. The summed E-state index contributed by atoms with van der Waals surface area (Å²) < 4.78 is 5.58. The highest BCUT2D eigenvalue weighted by atomic mass is 16.5. The van der Waals surface area contributed by atoms with Crippen molar-refractivity contribution in [1.82, 2.24) is 5.32 Å². The topological polar surface area (TPSA) is 41.5 Å². The predicted octanol–water partition coefficient (Wildman–Crippen LogP) is 3.08. The van der Waals surface area contributed by atoms with Crippen LogP contribution in [0.2, 0.25) is 0 Å². The number of para-hydroxylation sites is 1. The van der Waals surface area contributed by atoms with Crippen LogP contribution < -0.4 is 10.1 Å². The lowest BCUT2D eigenvalue weighted by atomic mass is 10.2. The fourth-order valence-electron chi connectivity index (χ4n) is 1.90. The molecule has 2 aromatic carbocycles. The van der Waals surface area contributed by atoms with Gasteiger partial charge in [0.15, 0.2) is 0 Å². The minimum absolute atomic E-state index is 0.297. The van der Waals surface area contributed by atoms with Crippen molar-refractivity contribution in [3.8, 4) is 11.5 Å². The SMILES string of the molecule is CCOc1ccccc1CNCc1ccc(O)cc1. The molecule has 0 fully saturated rings. The molecule has 2 rings (SSSR count). The Bertz CT molecular complexity index is 508. The van der Waals surface area contributed by atoms with Gasteiger partial charge in [0, 0.05) is 18.7 Å². The third kappa shape index (κ3) is 4.00. The molecule has 100 valence electrons. The van der Waals surface area contributed by atoms with E-state index in [-0.39, 0.29) is 0 Å². The lowest BCUT2D eigenvalue weighted by molar-refractivity contribution is 0.335. The maximum atomic E-state index is 9.22. The Morgan fingerprint density at radius 2 is 1.74 bits per heavy atom. The Morgan fingerprint density at radius 1 is 1.00 bits per heavy atom. The standard InChI is InChI=1S/C16H19NO2/c1-2-19-16-6-4-3-5-14(16)12-17-11-13-7-9-15(18)10-8-13/h3-10,17-18H,2,11-12H2,1H3. The first kappa shape index (κ1) is 13.4. The summed E-state index contributed by atoms with van der Waals surface area (Å²) in [5.74, 6) is 1.23. The molecule has 2 aromatic rings. The summed E-state index contributed by atoms with van der Waals surface area (Å²) in [6, 6.07) is 15.3. The van der Waals surface area contributed by atoms with Crippen LogP contribution in [0.1, 0.15) is 18.1 Å². The van der Waals surface area contributed by atoms with Crippen LogP contribution >= 0.6 is 0 Å². The van der Waals surface area contributed by atoms with Gasteiger partial charge in [0.05, 0.1) is 6.61 Å². The van der Waals surface area contributed by atoms with Gasteiger partial charge in [-0.3, -0.25) is 0 Å². The second-order valence-electron chi connectivity index (χ2n) is 4.31. The van der Waals surface area contributed by atoms with Gasteiger partial charge >= 0.3 is 0 Å². The third-order valence-electron chi connectivity index (χ3n) is 2.85. The first-order valence-corrected chi connectivity index (χ1v) is 6.49. The average Bonchev–Trinajstić information content (AvgIpc) is 2.43. The molecule has 0 saturated heterocycles. The van der Waals surface area contributed by atoms with Gasteiger partial charge in [-0.25, -0.2) is 0 Å². The number of benzene rings is 2. The largest absolute Gasteiger partial charge is 0.508 e. The van der Waals surface area contributed by atoms with Crippen LogP contribution in [-0.4, -0.2) is 11.7 Å². The monoisotopic (exact) mass is 257 g/mol. The maximum absolute atomic E-state index is 9.22. The van der Waals surface area contributed by atoms with E-state index in [4.69, 9.17) is 4.74 Å². The zero-order valence-electron chi connectivity index (χ0n) is 11.1. The average molecular weight is 257 g/mol. The van der Waals surface area contributed by atoms with Crippen LogP contribution in [-0.2, 0) is 13.1 Å². The summed E-state index contributed by atoms with van der Waals surface area (Å²) in [4.78, 5) is 0. The van der Waals surface area contributed by atoms with Gasteiger partial charge in [0.25, 0.3) is 0 Å². The van der Waals surface area contributed by atoms with Gasteiger partial charge in [0.1, 0.15) is 11.5 Å². The van der Waals surface area contributed by atoms with Gasteiger partial charge < -0.3 is 15.2 Å². The number of nitrogens with one attached hydrogen (secondary N) is 1. The van der Waals surface area contributed by atoms with E-state index in [1.165, 1.54) is 0 Å². The fraction of sp³-hybridized carbons (Fsp3) is 0.250. The molecule has 0 saturated carbocycles. The Morgan fingerprint density at radius 3 is 2.47 bits per heavy atom. The summed E-state index contributed by atoms with van der Waals surface area (Å²) in [5.41, 5.74) is 2.30. The van der Waals surface area contributed by atoms with Crippen molar-refractivity contribution in [2.24, 2.45) is 0 Å². The van der Waals surface area contributed by atoms with Gasteiger partial charge in [0.2, 0.25) is 0 Å². The number of hydrogen-bond acceptors (Lipinski definition) is 3. The molecular formula is C16H19NO2. The molecule has 0 unspecified atom stereocenters. The van der Waals surface area contributed by atoms with E-state index in [1.54, 1.807) is 12.1 Å². The van der Waals surface area contributed by atoms with Crippen LogP contribution in [0.25, 0.3) is 0 Å². The quantitative estimate of drug-likeness (QED) is 0.835. The number of phenols is 1. The number of rotatable bonds is 6. The summed E-state index contributed by atoms with van der Waals surface area (Å²) in [5, 5.41) is 12.6. The van der Waals surface area contributed by atoms with Crippen molar-refractivity contribution in [2.75, 3.05) is 6.61 Å². The van der Waals surface area contributed by atoms with Gasteiger partial charge in [-0.2, -0.15) is 0 Å². The second kappa shape index (κ2) is 6.81. The molecule has 0 heterocycles. The van der Waals surface area contributed by atoms with E-state index in [1.807, 2.05) is 37.3 Å². The van der Waals surface area contributed by atoms with Gasteiger partial charge in [-0.05, 0) is 30.7 Å². The lowest BCUT2D eigenvalue weighted by Gasteiger charge is -2.11. The molecule has 0 spiro atoms. The zero-order valence-corrected chi connectivity index (χ0v) is 11.1. The zero-order chi connectivity index (χ0) is 13.5. The summed E-state index contributed by atoms with van der Waals surface area (Å²) in [7, 11) is 0. The first-order valence-electron chi connectivity index (χ1n) is 6.49. The number of phenolic OH excluding ortho intramolecular Hbond substituents is 1. The Kier molecular flexibility index (Phi) is 4.81. The van der Waals surface area contributed by atoms with Crippen molar-refractivity contribution in [3.63, 3.8) is 0 Å². The fourth-order valence-corrected chi connectivity index (χ4v) is 1.90. The number of ether oxygens (including phenoxy) is 1. The van der Waals surface area contributed by atoms with Crippen LogP contribution in [0.5, 0.6) is 11.5 Å². The highest BCUT2D eigenvalue weighted by molar-refractivity contribution is 5.33. The summed E-state index contributed by atoms with van der Waals surface area (Å²) >= 11 is 0. The van der Waals surface area contributed by atoms with Crippen molar-refractivity contribution >= 4 is 0 Å². The van der Waals surface area contributed by atoms with Crippen molar-refractivity contribution in [2.45, 2.75) is 20.0 Å². The Labute approximate surface area is 113 Å². The van der Waals surface area contributed by atoms with Crippen LogP contribution in [0.4, 0.5) is 0 Å². The normalized spacial score (nSPS) is 10.4. The van der Waals surface area contributed by atoms with E-state index in [2.05, 4.69) is 11.4 Å². The van der Waals surface area contributed by atoms with Crippen LogP contribution in [0.3, 0.4) is 0 Å². The van der Waals surface area contributed by atoms with E-state index < -0.39 is 0 Å². The molecule has 0 aliphatic carbocycles. The summed E-state index contributed by atoms with van der Waals surface area (Å²) in [6.07, 6.45) is 0. The van der Waals surface area contributed by atoms with Gasteiger partial charge in [-0.15, -0.1) is 0 Å². The number of hydrogen-bond donors (Lipinski definition) is 2. The van der Waals surface area contributed by atoms with Crippen LogP contribution in [0.15, 0.2) is 48.5 Å². The van der Waals surface area contributed by atoms with E-state index >= 15 is 0 Å². The van der Waals surface area contributed by atoms with E-state index in [0.717, 1.165) is 30.0 Å². The molecule has 2 N–H and O–H groups in total. The van der Waals surface area contributed by atoms with Crippen molar-refractivity contribution in [1.29, 1.82) is 0 Å². The smallest absolute Gasteiger partial charge is 0.123 e. The second-order valence-corrected chi connectivity index (χ2v) is 4.31. The minimum atomic E-state index is 0.297. The lowest BCUT2D eigenvalue weighted by Crippen LogP contribution is -2.13. The minimum Gasteiger partial charge on any atom is -0.508 e. The van der Waals surface area contributed by atoms with E-state index in [0.29, 0.717) is 12.4 Å². The molecule has 19 heavy (non-hydrogen) atoms. The molecule has 0 radical (unpaired) electrons. The molecule has 0 bridgehead atoms.